The first-order valence-corrected chi connectivity index (χ1v) is 7.09. The molecule has 0 aliphatic heterocycles. The van der Waals surface area contributed by atoms with Crippen LogP contribution in [0.3, 0.4) is 0 Å². The lowest BCUT2D eigenvalue weighted by Crippen LogP contribution is -2.25. The molecular formula is C12H19IN4O. The number of rotatable bonds is 7. The molecule has 5 nitrogen and oxygen atoms in total. The summed E-state index contributed by atoms with van der Waals surface area (Å²) in [5.41, 5.74) is 0.378. The second kappa shape index (κ2) is 8.36. The predicted molar refractivity (Wildman–Crippen MR) is 79.5 cm³/mol. The van der Waals surface area contributed by atoms with Crippen molar-refractivity contribution in [1.29, 1.82) is 0 Å². The molecule has 1 amide bonds. The average molecular weight is 366 g/mol. The lowest BCUT2D eigenvalue weighted by molar-refractivity contribution is 0.0946. The van der Waals surface area contributed by atoms with Crippen molar-refractivity contribution in [2.75, 3.05) is 27.2 Å². The topological polar surface area (TPSA) is 58.1 Å². The van der Waals surface area contributed by atoms with Crippen molar-refractivity contribution in [3.8, 4) is 0 Å². The lowest BCUT2D eigenvalue weighted by Gasteiger charge is -2.08. The van der Waals surface area contributed by atoms with E-state index in [9.17, 15) is 4.79 Å². The molecule has 0 bridgehead atoms. The van der Waals surface area contributed by atoms with Crippen LogP contribution in [0.15, 0.2) is 12.1 Å². The van der Waals surface area contributed by atoms with Gasteiger partial charge in [-0.15, -0.1) is 10.2 Å². The minimum atomic E-state index is -0.147. The summed E-state index contributed by atoms with van der Waals surface area (Å²) in [6.45, 7) is 1.79. The van der Waals surface area contributed by atoms with Crippen LogP contribution >= 0.6 is 22.6 Å². The second-order valence-corrected chi connectivity index (χ2v) is 5.47. The number of nitrogens with one attached hydrogen (secondary N) is 1. The molecule has 0 aliphatic rings. The molecule has 0 unspecified atom stereocenters. The van der Waals surface area contributed by atoms with Crippen molar-refractivity contribution in [2.45, 2.75) is 19.3 Å². The minimum Gasteiger partial charge on any atom is -0.351 e. The first kappa shape index (κ1) is 15.3. The van der Waals surface area contributed by atoms with E-state index in [4.69, 9.17) is 0 Å². The monoisotopic (exact) mass is 366 g/mol. The van der Waals surface area contributed by atoms with Crippen LogP contribution < -0.4 is 5.32 Å². The highest BCUT2D eigenvalue weighted by Gasteiger charge is 2.06. The van der Waals surface area contributed by atoms with E-state index in [-0.39, 0.29) is 5.91 Å². The zero-order chi connectivity index (χ0) is 13.4. The van der Waals surface area contributed by atoms with Gasteiger partial charge in [-0.1, -0.05) is 6.42 Å². The largest absolute Gasteiger partial charge is 0.351 e. The maximum absolute atomic E-state index is 11.7. The van der Waals surface area contributed by atoms with E-state index >= 15 is 0 Å². The Balaban J connectivity index is 2.16. The molecule has 0 saturated heterocycles. The number of halogens is 1. The highest BCUT2D eigenvalue weighted by molar-refractivity contribution is 14.1. The van der Waals surface area contributed by atoms with Crippen molar-refractivity contribution in [3.63, 3.8) is 0 Å². The third-order valence-electron chi connectivity index (χ3n) is 2.43. The zero-order valence-electron chi connectivity index (χ0n) is 10.8. The number of carbonyl (C=O) groups is 1. The maximum atomic E-state index is 11.7. The van der Waals surface area contributed by atoms with Crippen molar-refractivity contribution in [2.24, 2.45) is 0 Å². The molecule has 0 fully saturated rings. The molecule has 0 saturated carbocycles. The van der Waals surface area contributed by atoms with E-state index in [1.807, 2.05) is 0 Å². The molecule has 1 aromatic rings. The Morgan fingerprint density at radius 3 is 2.67 bits per heavy atom. The summed E-state index contributed by atoms with van der Waals surface area (Å²) < 4.78 is 0.785. The third kappa shape index (κ3) is 6.25. The van der Waals surface area contributed by atoms with Crippen molar-refractivity contribution >= 4 is 28.5 Å². The van der Waals surface area contributed by atoms with Crippen LogP contribution in [0.5, 0.6) is 0 Å². The SMILES string of the molecule is CN(C)CCCCCNC(=O)c1ccc([131I])nn1. The second-order valence-electron chi connectivity index (χ2n) is 4.36. The predicted octanol–water partition coefficient (Wildman–Crippen LogP) is 1.54. The van der Waals surface area contributed by atoms with Crippen LogP contribution in [0, 0.1) is 3.70 Å². The van der Waals surface area contributed by atoms with E-state index in [1.165, 1.54) is 0 Å². The van der Waals surface area contributed by atoms with Gasteiger partial charge in [0.05, 0.1) is 0 Å². The molecular weight excluding hydrogens is 347 g/mol. The van der Waals surface area contributed by atoms with E-state index in [0.717, 1.165) is 29.5 Å². The lowest BCUT2D eigenvalue weighted by atomic mass is 10.2. The average Bonchev–Trinajstić information content (AvgIpc) is 2.34. The van der Waals surface area contributed by atoms with Gasteiger partial charge in [-0.3, -0.25) is 4.79 Å². The molecule has 0 aromatic carbocycles. The fourth-order valence-electron chi connectivity index (χ4n) is 1.46. The molecule has 0 radical (unpaired) electrons. The van der Waals surface area contributed by atoms with E-state index in [1.54, 1.807) is 12.1 Å². The molecule has 0 spiro atoms. The normalized spacial score (nSPS) is 10.7. The Kier molecular flexibility index (Phi) is 7.11. The van der Waals surface area contributed by atoms with Gasteiger partial charge in [0.25, 0.3) is 5.91 Å². The summed E-state index contributed by atoms with van der Waals surface area (Å²) >= 11 is 2.06. The first-order chi connectivity index (χ1) is 8.59. The quantitative estimate of drug-likeness (QED) is 0.588. The van der Waals surface area contributed by atoms with Crippen LogP contribution in [-0.4, -0.2) is 48.2 Å². The van der Waals surface area contributed by atoms with Gasteiger partial charge in [0.15, 0.2) is 5.69 Å². The Labute approximate surface area is 121 Å². The molecule has 1 rings (SSSR count). The summed E-state index contributed by atoms with van der Waals surface area (Å²) in [6.07, 6.45) is 3.28. The summed E-state index contributed by atoms with van der Waals surface area (Å²) in [5.74, 6) is -0.147. The molecule has 1 N–H and O–H groups in total. The van der Waals surface area contributed by atoms with E-state index < -0.39 is 0 Å². The highest BCUT2D eigenvalue weighted by Crippen LogP contribution is 2.00. The zero-order valence-corrected chi connectivity index (χ0v) is 13.0. The molecule has 18 heavy (non-hydrogen) atoms. The van der Waals surface area contributed by atoms with Crippen molar-refractivity contribution < 1.29 is 4.79 Å². The molecule has 6 heteroatoms. The smallest absolute Gasteiger partial charge is 0.271 e. The molecule has 1 aromatic heterocycles. The number of nitrogens with zero attached hydrogens (tertiary/aromatic N) is 3. The van der Waals surface area contributed by atoms with Crippen LogP contribution in [-0.2, 0) is 0 Å². The van der Waals surface area contributed by atoms with Gasteiger partial charge < -0.3 is 10.2 Å². The molecule has 1 heterocycles. The van der Waals surface area contributed by atoms with Crippen molar-refractivity contribution in [3.05, 3.63) is 21.5 Å². The molecule has 0 aliphatic carbocycles. The van der Waals surface area contributed by atoms with Crippen LogP contribution in [0.2, 0.25) is 0 Å². The highest BCUT2D eigenvalue weighted by atomic mass is 131. The number of amides is 1. The van der Waals surface area contributed by atoms with E-state index in [2.05, 4.69) is 57.1 Å². The van der Waals surface area contributed by atoms with Gasteiger partial charge in [0, 0.05) is 6.54 Å². The van der Waals surface area contributed by atoms with Crippen LogP contribution in [0.1, 0.15) is 29.8 Å². The molecule has 0 atom stereocenters. The Morgan fingerprint density at radius 1 is 1.28 bits per heavy atom. The van der Waals surface area contributed by atoms with Gasteiger partial charge in [0.2, 0.25) is 0 Å². The first-order valence-electron chi connectivity index (χ1n) is 6.02. The number of aromatic nitrogens is 2. The summed E-state index contributed by atoms with van der Waals surface area (Å²) in [7, 11) is 4.13. The van der Waals surface area contributed by atoms with Crippen LogP contribution in [0.4, 0.5) is 0 Å². The van der Waals surface area contributed by atoms with Gasteiger partial charge >= 0.3 is 0 Å². The Bertz CT molecular complexity index is 367. The summed E-state index contributed by atoms with van der Waals surface area (Å²) in [4.78, 5) is 13.8. The van der Waals surface area contributed by atoms with Crippen molar-refractivity contribution in [1.82, 2.24) is 20.4 Å². The van der Waals surface area contributed by atoms with E-state index in [0.29, 0.717) is 12.2 Å². The van der Waals surface area contributed by atoms with Gasteiger partial charge in [-0.05, 0) is 68.2 Å². The number of unbranched alkanes of at least 4 members (excludes halogenated alkanes) is 2. The maximum Gasteiger partial charge on any atom is 0.271 e. The minimum absolute atomic E-state index is 0.147. The van der Waals surface area contributed by atoms with Crippen LogP contribution in [0.25, 0.3) is 0 Å². The summed E-state index contributed by atoms with van der Waals surface area (Å²) in [6, 6.07) is 3.47. The molecule has 100 valence electrons. The Hall–Kier alpha value is -0.760. The summed E-state index contributed by atoms with van der Waals surface area (Å²) in [5, 5.41) is 10.5. The van der Waals surface area contributed by atoms with Gasteiger partial charge in [-0.2, -0.15) is 0 Å². The standard InChI is InChI=1S/C12H19IN4O/c1-17(2)9-5-3-4-8-14-12(18)10-6-7-11(13)16-15-10/h6-7H,3-5,8-9H2,1-2H3,(H,14,18)/i13+4. The number of hydrogen-bond acceptors (Lipinski definition) is 4. The number of hydrogen-bond donors (Lipinski definition) is 1. The van der Waals surface area contributed by atoms with Gasteiger partial charge in [-0.25, -0.2) is 0 Å². The fraction of sp³-hybridized carbons (Fsp3) is 0.583. The third-order valence-corrected chi connectivity index (χ3v) is 3.01. The van der Waals surface area contributed by atoms with Gasteiger partial charge in [0.1, 0.15) is 3.70 Å². The Morgan fingerprint density at radius 2 is 2.06 bits per heavy atom. The fourth-order valence-corrected chi connectivity index (χ4v) is 1.75. The number of carbonyl (C=O) groups excluding carboxylic acids is 1.